The number of anilines is 1. The van der Waals surface area contributed by atoms with Crippen molar-refractivity contribution in [2.24, 2.45) is 0 Å². The Balaban J connectivity index is 1.33. The number of rotatable bonds is 6. The molecule has 2 aliphatic rings. The summed E-state index contributed by atoms with van der Waals surface area (Å²) < 4.78 is 11.2. The molecule has 150 valence electrons. The minimum absolute atomic E-state index is 0.201. The van der Waals surface area contributed by atoms with E-state index in [0.717, 1.165) is 63.9 Å². The Labute approximate surface area is 166 Å². The van der Waals surface area contributed by atoms with Gasteiger partial charge >= 0.3 is 0 Å². The first-order valence-corrected chi connectivity index (χ1v) is 10.3. The van der Waals surface area contributed by atoms with E-state index in [0.29, 0.717) is 5.76 Å². The zero-order valence-electron chi connectivity index (χ0n) is 16.4. The Morgan fingerprint density at radius 3 is 2.54 bits per heavy atom. The van der Waals surface area contributed by atoms with Crippen LogP contribution in [-0.2, 0) is 17.8 Å². The molecule has 1 N–H and O–H groups in total. The van der Waals surface area contributed by atoms with E-state index in [2.05, 4.69) is 21.2 Å². The molecule has 4 rings (SSSR count). The number of piperidine rings is 1. The van der Waals surface area contributed by atoms with E-state index in [1.165, 1.54) is 24.8 Å². The first-order chi connectivity index (χ1) is 13.8. The first kappa shape index (κ1) is 19.2. The van der Waals surface area contributed by atoms with Crippen molar-refractivity contribution in [3.8, 4) is 0 Å². The van der Waals surface area contributed by atoms with Gasteiger partial charge in [-0.25, -0.2) is 0 Å². The monoisotopic (exact) mass is 383 g/mol. The molecule has 0 saturated carbocycles. The number of ether oxygens (including phenoxy) is 1. The molecule has 0 radical (unpaired) electrons. The fourth-order valence-electron chi connectivity index (χ4n) is 3.88. The van der Waals surface area contributed by atoms with Crippen LogP contribution in [0.15, 0.2) is 40.8 Å². The molecule has 1 amide bonds. The highest BCUT2D eigenvalue weighted by Crippen LogP contribution is 2.18. The Morgan fingerprint density at radius 2 is 1.71 bits per heavy atom. The summed E-state index contributed by atoms with van der Waals surface area (Å²) in [6.07, 6.45) is 3.80. The predicted octanol–water partition coefficient (Wildman–Crippen LogP) is 3.35. The normalized spacial score (nSPS) is 18.9. The van der Waals surface area contributed by atoms with Gasteiger partial charge in [-0.15, -0.1) is 0 Å². The van der Waals surface area contributed by atoms with Gasteiger partial charge in [0.25, 0.3) is 5.91 Å². The molecule has 0 bridgehead atoms. The molecule has 3 heterocycles. The third-order valence-corrected chi connectivity index (χ3v) is 5.41. The summed E-state index contributed by atoms with van der Waals surface area (Å²) >= 11 is 0. The minimum Gasteiger partial charge on any atom is -0.455 e. The van der Waals surface area contributed by atoms with Crippen LogP contribution in [0.3, 0.4) is 0 Å². The number of hydrogen-bond donors (Lipinski definition) is 1. The van der Waals surface area contributed by atoms with Crippen molar-refractivity contribution in [3.05, 3.63) is 53.5 Å². The zero-order valence-corrected chi connectivity index (χ0v) is 16.4. The van der Waals surface area contributed by atoms with Crippen molar-refractivity contribution in [2.75, 3.05) is 44.7 Å². The molecule has 2 aliphatic heterocycles. The topological polar surface area (TPSA) is 58.0 Å². The van der Waals surface area contributed by atoms with E-state index in [9.17, 15) is 4.79 Å². The summed E-state index contributed by atoms with van der Waals surface area (Å²) in [6, 6.07) is 11.7. The third-order valence-electron chi connectivity index (χ3n) is 5.41. The predicted molar refractivity (Wildman–Crippen MR) is 108 cm³/mol. The lowest BCUT2D eigenvalue weighted by Gasteiger charge is -2.26. The molecule has 28 heavy (non-hydrogen) atoms. The molecule has 2 saturated heterocycles. The molecule has 2 fully saturated rings. The summed E-state index contributed by atoms with van der Waals surface area (Å²) in [4.78, 5) is 17.3. The molecule has 1 aromatic heterocycles. The molecule has 2 aromatic rings. The number of likely N-dealkylation sites (tertiary alicyclic amines) is 1. The van der Waals surface area contributed by atoms with Crippen molar-refractivity contribution in [2.45, 2.75) is 32.4 Å². The van der Waals surface area contributed by atoms with Gasteiger partial charge in [0.1, 0.15) is 5.76 Å². The van der Waals surface area contributed by atoms with E-state index < -0.39 is 0 Å². The summed E-state index contributed by atoms with van der Waals surface area (Å²) in [6.45, 7) is 7.33. The highest BCUT2D eigenvalue weighted by Gasteiger charge is 2.16. The van der Waals surface area contributed by atoms with Gasteiger partial charge in [0.2, 0.25) is 0 Å². The van der Waals surface area contributed by atoms with E-state index in [1.54, 1.807) is 6.07 Å². The fraction of sp³-hybridized carbons (Fsp3) is 0.500. The summed E-state index contributed by atoms with van der Waals surface area (Å²) in [5.41, 5.74) is 1.98. The van der Waals surface area contributed by atoms with E-state index in [1.807, 2.05) is 24.3 Å². The van der Waals surface area contributed by atoms with Crippen molar-refractivity contribution in [1.82, 2.24) is 9.80 Å². The van der Waals surface area contributed by atoms with Crippen molar-refractivity contribution in [1.29, 1.82) is 0 Å². The Morgan fingerprint density at radius 1 is 0.929 bits per heavy atom. The van der Waals surface area contributed by atoms with E-state index in [-0.39, 0.29) is 5.91 Å². The van der Waals surface area contributed by atoms with Crippen LogP contribution >= 0.6 is 0 Å². The van der Waals surface area contributed by atoms with Crippen molar-refractivity contribution >= 4 is 11.6 Å². The van der Waals surface area contributed by atoms with Gasteiger partial charge in [-0.3, -0.25) is 14.6 Å². The molecule has 0 atom stereocenters. The van der Waals surface area contributed by atoms with Gasteiger partial charge in [0.15, 0.2) is 5.76 Å². The SMILES string of the molecule is O=C(Nc1cccc(CN2CCOCC2)c1)c1ccc(CN2CCCCC2)o1. The van der Waals surface area contributed by atoms with E-state index >= 15 is 0 Å². The van der Waals surface area contributed by atoms with Gasteiger partial charge < -0.3 is 14.5 Å². The van der Waals surface area contributed by atoms with Gasteiger partial charge in [0, 0.05) is 25.3 Å². The number of nitrogens with one attached hydrogen (secondary N) is 1. The molecule has 0 aliphatic carbocycles. The average Bonchev–Trinajstić information content (AvgIpc) is 3.18. The van der Waals surface area contributed by atoms with Crippen LogP contribution in [0.25, 0.3) is 0 Å². The number of benzene rings is 1. The van der Waals surface area contributed by atoms with Crippen LogP contribution in [0.2, 0.25) is 0 Å². The number of amides is 1. The highest BCUT2D eigenvalue weighted by atomic mass is 16.5. The average molecular weight is 383 g/mol. The fourth-order valence-corrected chi connectivity index (χ4v) is 3.88. The van der Waals surface area contributed by atoms with Gasteiger partial charge in [-0.05, 0) is 55.8 Å². The van der Waals surface area contributed by atoms with E-state index in [4.69, 9.17) is 9.15 Å². The maximum atomic E-state index is 12.6. The number of carbonyl (C=O) groups excluding carboxylic acids is 1. The summed E-state index contributed by atoms with van der Waals surface area (Å²) in [5.74, 6) is 1.02. The summed E-state index contributed by atoms with van der Waals surface area (Å²) in [5, 5.41) is 2.96. The van der Waals surface area contributed by atoms with Gasteiger partial charge in [-0.1, -0.05) is 18.6 Å². The Hall–Kier alpha value is -2.15. The number of nitrogens with zero attached hydrogens (tertiary/aromatic N) is 2. The molecule has 6 nitrogen and oxygen atoms in total. The lowest BCUT2D eigenvalue weighted by molar-refractivity contribution is 0.0342. The molecular weight excluding hydrogens is 354 g/mol. The molecule has 0 unspecified atom stereocenters. The smallest absolute Gasteiger partial charge is 0.291 e. The van der Waals surface area contributed by atoms with Crippen LogP contribution in [-0.4, -0.2) is 55.1 Å². The highest BCUT2D eigenvalue weighted by molar-refractivity contribution is 6.02. The zero-order chi connectivity index (χ0) is 19.2. The van der Waals surface area contributed by atoms with Crippen LogP contribution in [0.1, 0.15) is 41.1 Å². The molecular formula is C22H29N3O3. The Kier molecular flexibility index (Phi) is 6.41. The second-order valence-electron chi connectivity index (χ2n) is 7.65. The van der Waals surface area contributed by atoms with Crippen molar-refractivity contribution < 1.29 is 13.9 Å². The standard InChI is InChI=1S/C22H29N3O3/c26-22(21-8-7-20(28-21)17-24-9-2-1-3-10-24)23-19-6-4-5-18(15-19)16-25-11-13-27-14-12-25/h4-8,15H,1-3,9-14,16-17H2,(H,23,26). The van der Waals surface area contributed by atoms with Crippen molar-refractivity contribution in [3.63, 3.8) is 0 Å². The minimum atomic E-state index is -0.201. The molecule has 0 spiro atoms. The van der Waals surface area contributed by atoms with Crippen LogP contribution in [0.4, 0.5) is 5.69 Å². The second-order valence-corrected chi connectivity index (χ2v) is 7.65. The number of carbonyl (C=O) groups is 1. The first-order valence-electron chi connectivity index (χ1n) is 10.3. The summed E-state index contributed by atoms with van der Waals surface area (Å²) in [7, 11) is 0. The lowest BCUT2D eigenvalue weighted by Crippen LogP contribution is -2.35. The van der Waals surface area contributed by atoms with Gasteiger partial charge in [-0.2, -0.15) is 0 Å². The lowest BCUT2D eigenvalue weighted by atomic mass is 10.1. The quantitative estimate of drug-likeness (QED) is 0.829. The van der Waals surface area contributed by atoms with Crippen LogP contribution in [0, 0.1) is 0 Å². The largest absolute Gasteiger partial charge is 0.455 e. The van der Waals surface area contributed by atoms with Crippen LogP contribution < -0.4 is 5.32 Å². The number of hydrogen-bond acceptors (Lipinski definition) is 5. The molecule has 1 aromatic carbocycles. The third kappa shape index (κ3) is 5.22. The Bertz CT molecular complexity index is 777. The second kappa shape index (κ2) is 9.37. The number of furan rings is 1. The van der Waals surface area contributed by atoms with Gasteiger partial charge in [0.05, 0.1) is 19.8 Å². The maximum Gasteiger partial charge on any atom is 0.291 e. The molecule has 6 heteroatoms. The maximum absolute atomic E-state index is 12.6. The van der Waals surface area contributed by atoms with Crippen LogP contribution in [0.5, 0.6) is 0 Å². The number of morpholine rings is 1.